The summed E-state index contributed by atoms with van der Waals surface area (Å²) in [6.07, 6.45) is 5.42. The molecule has 2 aromatic heterocycles. The predicted octanol–water partition coefficient (Wildman–Crippen LogP) is 1.28. The number of piperidine rings is 1. The number of pyridine rings is 1. The fourth-order valence-electron chi connectivity index (χ4n) is 3.96. The fraction of sp³-hybridized carbons (Fsp3) is 0.438. The number of nitrogens with one attached hydrogen (secondary N) is 1. The first-order chi connectivity index (χ1) is 11.8. The second kappa shape index (κ2) is 5.86. The molecule has 0 aromatic carbocycles. The second-order valence-corrected chi connectivity index (χ2v) is 8.84. The van der Waals surface area contributed by atoms with Crippen molar-refractivity contribution in [2.45, 2.75) is 13.3 Å². The van der Waals surface area contributed by atoms with E-state index in [1.807, 2.05) is 12.3 Å². The molecule has 9 heteroatoms. The van der Waals surface area contributed by atoms with Gasteiger partial charge in [-0.2, -0.15) is 0 Å². The molecule has 0 spiro atoms. The Balaban J connectivity index is 1.75. The zero-order chi connectivity index (χ0) is 17.8. The summed E-state index contributed by atoms with van der Waals surface area (Å²) in [5, 5.41) is 11.1. The van der Waals surface area contributed by atoms with Gasteiger partial charge in [-0.25, -0.2) is 17.7 Å². The van der Waals surface area contributed by atoms with Crippen LogP contribution in [0.15, 0.2) is 24.4 Å². The predicted molar refractivity (Wildman–Crippen MR) is 96.4 cm³/mol. The van der Waals surface area contributed by atoms with E-state index in [4.69, 9.17) is 4.65 Å². The maximum atomic E-state index is 11.8. The van der Waals surface area contributed by atoms with E-state index in [2.05, 4.69) is 16.9 Å². The monoisotopic (exact) mass is 361 g/mol. The van der Waals surface area contributed by atoms with Gasteiger partial charge in [0.1, 0.15) is 11.4 Å². The molecule has 0 aliphatic carbocycles. The molecule has 1 fully saturated rings. The third-order valence-corrected chi connectivity index (χ3v) is 6.42. The molecule has 2 aliphatic rings. The lowest BCUT2D eigenvalue weighted by atomic mass is 9.71. The molecule has 2 aliphatic heterocycles. The largest absolute Gasteiger partial charge is 0.552 e. The highest BCUT2D eigenvalue weighted by atomic mass is 32.2. The normalized spacial score (nSPS) is 24.8. The summed E-state index contributed by atoms with van der Waals surface area (Å²) in [6, 6.07) is 1.95. The molecule has 0 unspecified atom stereocenters. The van der Waals surface area contributed by atoms with Crippen molar-refractivity contribution in [3.05, 3.63) is 30.0 Å². The van der Waals surface area contributed by atoms with Gasteiger partial charge in [0.15, 0.2) is 0 Å². The van der Waals surface area contributed by atoms with E-state index in [0.717, 1.165) is 22.2 Å². The molecule has 2 aromatic rings. The average molecular weight is 361 g/mol. The lowest BCUT2D eigenvalue weighted by Gasteiger charge is -2.38. The summed E-state index contributed by atoms with van der Waals surface area (Å²) in [4.78, 5) is 7.42. The van der Waals surface area contributed by atoms with E-state index in [9.17, 15) is 13.4 Å². The maximum Gasteiger partial charge on any atom is 0.552 e. The van der Waals surface area contributed by atoms with Gasteiger partial charge in [-0.15, -0.1) is 0 Å². The van der Waals surface area contributed by atoms with Crippen LogP contribution in [-0.4, -0.2) is 54.2 Å². The first-order valence-electron chi connectivity index (χ1n) is 8.32. The van der Waals surface area contributed by atoms with Crippen LogP contribution in [0, 0.1) is 11.8 Å². The number of sulfonamides is 1. The average Bonchev–Trinajstić information content (AvgIpc) is 3.01. The van der Waals surface area contributed by atoms with Crippen molar-refractivity contribution in [3.8, 4) is 5.75 Å². The van der Waals surface area contributed by atoms with Crippen molar-refractivity contribution in [1.29, 1.82) is 0 Å². The van der Waals surface area contributed by atoms with Gasteiger partial charge in [-0.05, 0) is 35.9 Å². The molecule has 0 amide bonds. The van der Waals surface area contributed by atoms with Crippen LogP contribution < -0.4 is 4.65 Å². The Hall–Kier alpha value is -1.84. The molecule has 0 saturated carbocycles. The smallest absolute Gasteiger partial charge is 0.531 e. The second-order valence-electron chi connectivity index (χ2n) is 6.86. The number of rotatable bonds is 2. The Bertz CT molecular complexity index is 955. The maximum absolute atomic E-state index is 11.8. The lowest BCUT2D eigenvalue weighted by molar-refractivity contribution is 0.238. The summed E-state index contributed by atoms with van der Waals surface area (Å²) >= 11 is 0. The summed E-state index contributed by atoms with van der Waals surface area (Å²) in [5.74, 6) is 2.59. The minimum absolute atomic E-state index is 0.134. The van der Waals surface area contributed by atoms with Crippen LogP contribution in [0.4, 0.5) is 0 Å². The van der Waals surface area contributed by atoms with E-state index in [-0.39, 0.29) is 11.8 Å². The van der Waals surface area contributed by atoms with E-state index in [0.29, 0.717) is 25.3 Å². The van der Waals surface area contributed by atoms with Gasteiger partial charge in [-0.3, -0.25) is 0 Å². The Kier molecular flexibility index (Phi) is 3.90. The SMILES string of the molecule is C[C@H]1CN(S(C)(=O)=O)CC[C@H]1C1=CB(O)Oc2cnc3[nH]ccc3c21. The van der Waals surface area contributed by atoms with Gasteiger partial charge >= 0.3 is 7.12 Å². The molecule has 0 bridgehead atoms. The van der Waals surface area contributed by atoms with E-state index >= 15 is 0 Å². The van der Waals surface area contributed by atoms with E-state index in [1.165, 1.54) is 10.6 Å². The molecule has 1 saturated heterocycles. The number of fused-ring (bicyclic) bond motifs is 3. The minimum Gasteiger partial charge on any atom is -0.531 e. The Morgan fingerprint density at radius 2 is 2.28 bits per heavy atom. The van der Waals surface area contributed by atoms with Crippen LogP contribution in [0.3, 0.4) is 0 Å². The Morgan fingerprint density at radius 3 is 3.00 bits per heavy atom. The quantitative estimate of drug-likeness (QED) is 0.786. The highest BCUT2D eigenvalue weighted by Gasteiger charge is 2.37. The van der Waals surface area contributed by atoms with Gasteiger partial charge in [0.2, 0.25) is 10.0 Å². The standard InChI is InChI=1S/C16H20BN3O4S/c1-10-9-20(25(2,22)23)6-4-11(10)13-7-17(21)24-14-8-19-16-12(15(13)14)3-5-18-16/h3,5,7-8,10-11,21H,4,6,9H2,1-2H3,(H,18,19)/t10-,11+/m0/s1. The van der Waals surface area contributed by atoms with Crippen molar-refractivity contribution in [2.75, 3.05) is 19.3 Å². The molecular formula is C16H20BN3O4S. The number of nitrogens with zero attached hydrogens (tertiary/aromatic N) is 2. The van der Waals surface area contributed by atoms with Crippen LogP contribution in [0.25, 0.3) is 16.6 Å². The van der Waals surface area contributed by atoms with Gasteiger partial charge in [-0.1, -0.05) is 6.92 Å². The summed E-state index contributed by atoms with van der Waals surface area (Å²) in [7, 11) is -4.20. The fourth-order valence-corrected chi connectivity index (χ4v) is 4.90. The van der Waals surface area contributed by atoms with Gasteiger partial charge in [0.05, 0.1) is 12.5 Å². The molecular weight excluding hydrogens is 341 g/mol. The van der Waals surface area contributed by atoms with Gasteiger partial charge < -0.3 is 14.7 Å². The highest BCUT2D eigenvalue weighted by Crippen LogP contribution is 2.44. The number of aromatic nitrogens is 2. The minimum atomic E-state index is -3.19. The summed E-state index contributed by atoms with van der Waals surface area (Å²) < 4.78 is 30.8. The van der Waals surface area contributed by atoms with Gasteiger partial charge in [0.25, 0.3) is 0 Å². The molecule has 4 rings (SSSR count). The van der Waals surface area contributed by atoms with E-state index in [1.54, 1.807) is 12.2 Å². The first kappa shape index (κ1) is 16.6. The van der Waals surface area contributed by atoms with Crippen molar-refractivity contribution < 1.29 is 18.1 Å². The van der Waals surface area contributed by atoms with Crippen LogP contribution in [0.2, 0.25) is 0 Å². The van der Waals surface area contributed by atoms with Crippen LogP contribution in [0.1, 0.15) is 18.9 Å². The molecule has 2 atom stereocenters. The van der Waals surface area contributed by atoms with Crippen molar-refractivity contribution in [2.24, 2.45) is 11.8 Å². The molecule has 0 radical (unpaired) electrons. The lowest BCUT2D eigenvalue weighted by Crippen LogP contribution is -2.43. The zero-order valence-electron chi connectivity index (χ0n) is 14.1. The zero-order valence-corrected chi connectivity index (χ0v) is 15.0. The number of allylic oxidation sites excluding steroid dienone is 1. The third kappa shape index (κ3) is 2.86. The Labute approximate surface area is 146 Å². The summed E-state index contributed by atoms with van der Waals surface area (Å²) in [5.41, 5.74) is 2.73. The molecule has 132 valence electrons. The topological polar surface area (TPSA) is 95.5 Å². The van der Waals surface area contributed by atoms with Crippen LogP contribution in [0.5, 0.6) is 5.75 Å². The van der Waals surface area contributed by atoms with Crippen LogP contribution in [-0.2, 0) is 10.0 Å². The Morgan fingerprint density at radius 1 is 1.48 bits per heavy atom. The highest BCUT2D eigenvalue weighted by molar-refractivity contribution is 7.88. The van der Waals surface area contributed by atoms with E-state index < -0.39 is 17.1 Å². The first-order valence-corrected chi connectivity index (χ1v) is 10.2. The molecule has 25 heavy (non-hydrogen) atoms. The molecule has 4 heterocycles. The van der Waals surface area contributed by atoms with Crippen molar-refractivity contribution in [3.63, 3.8) is 0 Å². The van der Waals surface area contributed by atoms with Crippen molar-refractivity contribution in [1.82, 2.24) is 14.3 Å². The number of hydrogen-bond donors (Lipinski definition) is 2. The number of hydrogen-bond acceptors (Lipinski definition) is 5. The van der Waals surface area contributed by atoms with Gasteiger partial charge in [0, 0.05) is 30.2 Å². The van der Waals surface area contributed by atoms with Crippen molar-refractivity contribution >= 4 is 33.7 Å². The van der Waals surface area contributed by atoms with Crippen LogP contribution >= 0.6 is 0 Å². The number of aromatic amines is 1. The number of H-pyrrole nitrogens is 1. The molecule has 7 nitrogen and oxygen atoms in total. The third-order valence-electron chi connectivity index (χ3n) is 5.15. The summed E-state index contributed by atoms with van der Waals surface area (Å²) in [6.45, 7) is 3.02. The molecule has 2 N–H and O–H groups in total.